The van der Waals surface area contributed by atoms with Crippen molar-refractivity contribution in [3.05, 3.63) is 23.5 Å². The highest BCUT2D eigenvalue weighted by Crippen LogP contribution is 2.13. The van der Waals surface area contributed by atoms with Crippen LogP contribution in [0.1, 0.15) is 19.0 Å². The highest BCUT2D eigenvalue weighted by atomic mass is 32.1. The Bertz CT molecular complexity index is 409. The Balaban J connectivity index is 2.09. The molecule has 2 aromatic heterocycles. The third-order valence-electron chi connectivity index (χ3n) is 2.42. The molecule has 2 atom stereocenters. The van der Waals surface area contributed by atoms with Crippen LogP contribution >= 0.6 is 11.3 Å². The van der Waals surface area contributed by atoms with Crippen molar-refractivity contribution in [1.82, 2.24) is 9.38 Å². The molecule has 0 aliphatic carbocycles. The highest BCUT2D eigenvalue weighted by molar-refractivity contribution is 7.15. The zero-order valence-corrected chi connectivity index (χ0v) is 9.31. The number of imidazole rings is 1. The molecule has 2 unspecified atom stereocenters. The second-order valence-electron chi connectivity index (χ2n) is 3.57. The number of hydrogen-bond acceptors (Lipinski definition) is 4. The van der Waals surface area contributed by atoms with Crippen molar-refractivity contribution in [2.45, 2.75) is 32.0 Å². The smallest absolute Gasteiger partial charge is 0.193 e. The third kappa shape index (κ3) is 2.19. The van der Waals surface area contributed by atoms with E-state index in [-0.39, 0.29) is 0 Å². The zero-order chi connectivity index (χ0) is 10.8. The van der Waals surface area contributed by atoms with Crippen LogP contribution in [-0.2, 0) is 6.42 Å². The van der Waals surface area contributed by atoms with Gasteiger partial charge in [-0.3, -0.25) is 4.40 Å². The Labute approximate surface area is 91.8 Å². The van der Waals surface area contributed by atoms with Gasteiger partial charge in [0.2, 0.25) is 0 Å². The number of fused-ring (bicyclic) bond motifs is 1. The molecular formula is C10H14N2O2S. The van der Waals surface area contributed by atoms with E-state index in [4.69, 9.17) is 0 Å². The molecule has 2 aromatic rings. The van der Waals surface area contributed by atoms with Crippen molar-refractivity contribution in [3.63, 3.8) is 0 Å². The van der Waals surface area contributed by atoms with E-state index in [2.05, 4.69) is 4.98 Å². The summed E-state index contributed by atoms with van der Waals surface area (Å²) in [5.74, 6) is 0. The van der Waals surface area contributed by atoms with Gasteiger partial charge in [0.15, 0.2) is 4.96 Å². The SMILES string of the molecule is CCC(O)C(O)Cc1cn2ccsc2n1. The summed E-state index contributed by atoms with van der Waals surface area (Å²) >= 11 is 1.56. The molecule has 0 aromatic carbocycles. The maximum absolute atomic E-state index is 9.64. The highest BCUT2D eigenvalue weighted by Gasteiger charge is 2.16. The van der Waals surface area contributed by atoms with Crippen LogP contribution < -0.4 is 0 Å². The minimum absolute atomic E-state index is 0.406. The lowest BCUT2D eigenvalue weighted by atomic mass is 10.1. The van der Waals surface area contributed by atoms with Gasteiger partial charge in [0.25, 0.3) is 0 Å². The summed E-state index contributed by atoms with van der Waals surface area (Å²) in [6.45, 7) is 1.85. The standard InChI is InChI=1S/C10H14N2O2S/c1-2-8(13)9(14)5-7-6-12-3-4-15-10(12)11-7/h3-4,6,8-9,13-14H,2,5H2,1H3. The Morgan fingerprint density at radius 1 is 1.47 bits per heavy atom. The number of nitrogens with zero attached hydrogens (tertiary/aromatic N) is 2. The van der Waals surface area contributed by atoms with Gasteiger partial charge in [0, 0.05) is 24.2 Å². The second kappa shape index (κ2) is 4.30. The van der Waals surface area contributed by atoms with Crippen LogP contribution in [0.25, 0.3) is 4.96 Å². The van der Waals surface area contributed by atoms with E-state index < -0.39 is 12.2 Å². The molecule has 2 heterocycles. The molecule has 0 aliphatic rings. The summed E-state index contributed by atoms with van der Waals surface area (Å²) in [4.78, 5) is 5.26. The van der Waals surface area contributed by atoms with Crippen molar-refractivity contribution >= 4 is 16.3 Å². The molecule has 0 aliphatic heterocycles. The lowest BCUT2D eigenvalue weighted by Crippen LogP contribution is -2.27. The average molecular weight is 226 g/mol. The summed E-state index contributed by atoms with van der Waals surface area (Å²) in [7, 11) is 0. The first-order valence-corrected chi connectivity index (χ1v) is 5.86. The van der Waals surface area contributed by atoms with Gasteiger partial charge >= 0.3 is 0 Å². The number of hydrogen-bond donors (Lipinski definition) is 2. The van der Waals surface area contributed by atoms with Crippen LogP contribution in [0.4, 0.5) is 0 Å². The quantitative estimate of drug-likeness (QED) is 0.820. The fraction of sp³-hybridized carbons (Fsp3) is 0.500. The molecule has 0 radical (unpaired) electrons. The molecule has 0 saturated carbocycles. The van der Waals surface area contributed by atoms with E-state index in [1.807, 2.05) is 29.1 Å². The van der Waals surface area contributed by atoms with Crippen LogP contribution in [0.3, 0.4) is 0 Å². The summed E-state index contributed by atoms with van der Waals surface area (Å²) in [5.41, 5.74) is 0.821. The maximum atomic E-state index is 9.64. The Kier molecular flexibility index (Phi) is 3.04. The fourth-order valence-electron chi connectivity index (χ4n) is 1.50. The average Bonchev–Trinajstić information content (AvgIpc) is 2.76. The normalized spacial score (nSPS) is 15.7. The fourth-order valence-corrected chi connectivity index (χ4v) is 2.22. The summed E-state index contributed by atoms with van der Waals surface area (Å²) in [6, 6.07) is 0. The summed E-state index contributed by atoms with van der Waals surface area (Å²) < 4.78 is 1.92. The molecule has 4 nitrogen and oxygen atoms in total. The van der Waals surface area contributed by atoms with Crippen LogP contribution in [0, 0.1) is 0 Å². The van der Waals surface area contributed by atoms with E-state index in [0.29, 0.717) is 12.8 Å². The van der Waals surface area contributed by atoms with Crippen molar-refractivity contribution in [3.8, 4) is 0 Å². The van der Waals surface area contributed by atoms with Crippen LogP contribution in [-0.4, -0.2) is 31.8 Å². The van der Waals surface area contributed by atoms with Crippen LogP contribution in [0.2, 0.25) is 0 Å². The third-order valence-corrected chi connectivity index (χ3v) is 3.19. The number of aliphatic hydroxyl groups is 2. The van der Waals surface area contributed by atoms with Crippen LogP contribution in [0.15, 0.2) is 17.8 Å². The predicted molar refractivity (Wildman–Crippen MR) is 59.1 cm³/mol. The van der Waals surface area contributed by atoms with E-state index in [9.17, 15) is 10.2 Å². The molecule has 0 saturated heterocycles. The van der Waals surface area contributed by atoms with Gasteiger partial charge in [-0.25, -0.2) is 4.98 Å². The first kappa shape index (κ1) is 10.6. The van der Waals surface area contributed by atoms with Crippen molar-refractivity contribution in [2.24, 2.45) is 0 Å². The molecule has 0 fully saturated rings. The van der Waals surface area contributed by atoms with Gasteiger partial charge in [0.1, 0.15) is 0 Å². The monoisotopic (exact) mass is 226 g/mol. The lowest BCUT2D eigenvalue weighted by Gasteiger charge is -2.14. The van der Waals surface area contributed by atoms with Crippen LogP contribution in [0.5, 0.6) is 0 Å². The van der Waals surface area contributed by atoms with Gasteiger partial charge in [-0.15, -0.1) is 11.3 Å². The molecule has 2 N–H and O–H groups in total. The molecule has 82 valence electrons. The maximum Gasteiger partial charge on any atom is 0.193 e. The zero-order valence-electron chi connectivity index (χ0n) is 8.50. The molecule has 15 heavy (non-hydrogen) atoms. The van der Waals surface area contributed by atoms with Crippen molar-refractivity contribution in [1.29, 1.82) is 0 Å². The summed E-state index contributed by atoms with van der Waals surface area (Å²) in [5, 5.41) is 21.0. The Morgan fingerprint density at radius 2 is 2.27 bits per heavy atom. The van der Waals surface area contributed by atoms with Crippen molar-refractivity contribution in [2.75, 3.05) is 0 Å². The molecule has 2 rings (SSSR count). The largest absolute Gasteiger partial charge is 0.390 e. The Morgan fingerprint density at radius 3 is 2.93 bits per heavy atom. The molecular weight excluding hydrogens is 212 g/mol. The molecule has 0 amide bonds. The van der Waals surface area contributed by atoms with Gasteiger partial charge in [-0.05, 0) is 6.42 Å². The topological polar surface area (TPSA) is 57.8 Å². The van der Waals surface area contributed by atoms with E-state index in [1.54, 1.807) is 11.3 Å². The van der Waals surface area contributed by atoms with E-state index >= 15 is 0 Å². The number of aromatic nitrogens is 2. The van der Waals surface area contributed by atoms with Crippen molar-refractivity contribution < 1.29 is 10.2 Å². The van der Waals surface area contributed by atoms with Gasteiger partial charge in [-0.1, -0.05) is 6.92 Å². The molecule has 0 spiro atoms. The second-order valence-corrected chi connectivity index (χ2v) is 4.45. The first-order valence-electron chi connectivity index (χ1n) is 4.98. The lowest BCUT2D eigenvalue weighted by molar-refractivity contribution is 0.0177. The molecule has 5 heteroatoms. The minimum atomic E-state index is -0.723. The predicted octanol–water partition coefficient (Wildman–Crippen LogP) is 1.07. The number of rotatable bonds is 4. The van der Waals surface area contributed by atoms with Gasteiger partial charge < -0.3 is 10.2 Å². The van der Waals surface area contributed by atoms with E-state index in [0.717, 1.165) is 10.7 Å². The van der Waals surface area contributed by atoms with Gasteiger partial charge in [-0.2, -0.15) is 0 Å². The first-order chi connectivity index (χ1) is 7.20. The minimum Gasteiger partial charge on any atom is -0.390 e. The molecule has 0 bridgehead atoms. The number of thiazole rings is 1. The van der Waals surface area contributed by atoms with E-state index in [1.165, 1.54) is 0 Å². The Hall–Kier alpha value is -0.910. The van der Waals surface area contributed by atoms with Gasteiger partial charge in [0.05, 0.1) is 17.9 Å². The summed E-state index contributed by atoms with van der Waals surface area (Å²) in [6.07, 6.45) is 3.40. The number of aliphatic hydroxyl groups excluding tert-OH is 2.